The van der Waals surface area contributed by atoms with E-state index in [9.17, 15) is 4.79 Å². The molecule has 0 heterocycles. The van der Waals surface area contributed by atoms with Gasteiger partial charge in [0.1, 0.15) is 0 Å². The molecule has 0 saturated carbocycles. The lowest BCUT2D eigenvalue weighted by atomic mass is 10.4. The molecule has 0 spiro atoms. The molecule has 0 aliphatic carbocycles. The number of thiocarbonyl (C=S) groups is 1. The monoisotopic (exact) mass is 203 g/mol. The van der Waals surface area contributed by atoms with Crippen molar-refractivity contribution in [2.24, 2.45) is 5.73 Å². The molecule has 5 heteroatoms. The van der Waals surface area contributed by atoms with E-state index in [1.807, 2.05) is 14.0 Å². The second-order valence-electron chi connectivity index (χ2n) is 2.99. The van der Waals surface area contributed by atoms with Crippen molar-refractivity contribution in [3.8, 4) is 0 Å². The first-order chi connectivity index (χ1) is 6.06. The van der Waals surface area contributed by atoms with Crippen molar-refractivity contribution in [1.82, 2.24) is 10.2 Å². The summed E-state index contributed by atoms with van der Waals surface area (Å²) < 4.78 is 0. The molecule has 4 nitrogen and oxygen atoms in total. The highest BCUT2D eigenvalue weighted by Crippen LogP contribution is 1.82. The van der Waals surface area contributed by atoms with Gasteiger partial charge in [-0.05, 0) is 13.5 Å². The van der Waals surface area contributed by atoms with Gasteiger partial charge in [-0.3, -0.25) is 9.69 Å². The molecule has 0 saturated heterocycles. The lowest BCUT2D eigenvalue weighted by Gasteiger charge is -2.14. The zero-order valence-electron chi connectivity index (χ0n) is 8.17. The zero-order valence-corrected chi connectivity index (χ0v) is 8.99. The van der Waals surface area contributed by atoms with Gasteiger partial charge >= 0.3 is 0 Å². The molecule has 0 unspecified atom stereocenters. The lowest BCUT2D eigenvalue weighted by molar-refractivity contribution is -0.121. The molecule has 76 valence electrons. The third kappa shape index (κ3) is 7.67. The molecule has 0 bridgehead atoms. The van der Waals surface area contributed by atoms with Crippen LogP contribution in [0.1, 0.15) is 13.3 Å². The number of rotatable bonds is 6. The summed E-state index contributed by atoms with van der Waals surface area (Å²) in [5.74, 6) is 0.0144. The van der Waals surface area contributed by atoms with Gasteiger partial charge in [-0.25, -0.2) is 0 Å². The van der Waals surface area contributed by atoms with Gasteiger partial charge in [-0.15, -0.1) is 0 Å². The third-order valence-corrected chi connectivity index (χ3v) is 1.54. The van der Waals surface area contributed by atoms with E-state index in [-0.39, 0.29) is 5.91 Å². The van der Waals surface area contributed by atoms with Gasteiger partial charge in [0, 0.05) is 13.1 Å². The number of hydrogen-bond donors (Lipinski definition) is 2. The van der Waals surface area contributed by atoms with Crippen LogP contribution >= 0.6 is 12.2 Å². The maximum Gasteiger partial charge on any atom is 0.234 e. The minimum absolute atomic E-state index is 0.0144. The Morgan fingerprint density at radius 1 is 1.54 bits per heavy atom. The normalized spacial score (nSPS) is 10.1. The van der Waals surface area contributed by atoms with Crippen molar-refractivity contribution in [2.45, 2.75) is 13.3 Å². The molecule has 0 rings (SSSR count). The number of nitrogens with zero attached hydrogens (tertiary/aromatic N) is 1. The van der Waals surface area contributed by atoms with Crippen LogP contribution in [0.2, 0.25) is 0 Å². The molecular weight excluding hydrogens is 186 g/mol. The van der Waals surface area contributed by atoms with Gasteiger partial charge in [-0.1, -0.05) is 19.1 Å². The summed E-state index contributed by atoms with van der Waals surface area (Å²) in [6.45, 7) is 3.56. The first-order valence-corrected chi connectivity index (χ1v) is 4.70. The van der Waals surface area contributed by atoms with E-state index in [0.717, 1.165) is 13.0 Å². The van der Waals surface area contributed by atoms with Crippen LogP contribution in [0, 0.1) is 0 Å². The van der Waals surface area contributed by atoms with Crippen molar-refractivity contribution in [2.75, 3.05) is 26.7 Å². The molecule has 0 aromatic heterocycles. The van der Waals surface area contributed by atoms with Gasteiger partial charge in [-0.2, -0.15) is 0 Å². The Morgan fingerprint density at radius 3 is 2.62 bits per heavy atom. The molecule has 0 atom stereocenters. The van der Waals surface area contributed by atoms with Crippen LogP contribution in [0.15, 0.2) is 0 Å². The standard InChI is InChI=1S/C8H17N3OS/c1-3-4-10-8(12)6-11(2)5-7(9)13/h3-6H2,1-2H3,(H2,9,13)(H,10,12). The minimum atomic E-state index is 0.0144. The maximum absolute atomic E-state index is 11.2. The summed E-state index contributed by atoms with van der Waals surface area (Å²) in [6, 6.07) is 0. The first-order valence-electron chi connectivity index (χ1n) is 4.29. The highest BCUT2D eigenvalue weighted by Gasteiger charge is 2.05. The number of amides is 1. The average molecular weight is 203 g/mol. The Bertz CT molecular complexity index is 184. The number of nitrogens with two attached hydrogens (primary N) is 1. The molecule has 0 fully saturated rings. The zero-order chi connectivity index (χ0) is 10.3. The van der Waals surface area contributed by atoms with Crippen molar-refractivity contribution >= 4 is 23.1 Å². The molecule has 3 N–H and O–H groups in total. The second-order valence-corrected chi connectivity index (χ2v) is 3.51. The van der Waals surface area contributed by atoms with Gasteiger partial charge < -0.3 is 11.1 Å². The fraction of sp³-hybridized carbons (Fsp3) is 0.750. The fourth-order valence-electron chi connectivity index (χ4n) is 0.887. The number of carbonyl (C=O) groups excluding carboxylic acids is 1. The summed E-state index contributed by atoms with van der Waals surface area (Å²) in [7, 11) is 1.81. The van der Waals surface area contributed by atoms with Crippen LogP contribution in [0.5, 0.6) is 0 Å². The predicted octanol–water partition coefficient (Wildman–Crippen LogP) is -0.269. The molecule has 0 aromatic rings. The van der Waals surface area contributed by atoms with Crippen molar-refractivity contribution in [3.63, 3.8) is 0 Å². The molecule has 0 aromatic carbocycles. The van der Waals surface area contributed by atoms with E-state index in [4.69, 9.17) is 18.0 Å². The molecule has 1 amide bonds. The van der Waals surface area contributed by atoms with Gasteiger partial charge in [0.25, 0.3) is 0 Å². The maximum atomic E-state index is 11.2. The number of nitrogens with one attached hydrogen (secondary N) is 1. The van der Waals surface area contributed by atoms with Crippen LogP contribution in [-0.2, 0) is 4.79 Å². The van der Waals surface area contributed by atoms with Crippen molar-refractivity contribution < 1.29 is 4.79 Å². The van der Waals surface area contributed by atoms with Crippen LogP contribution in [0.25, 0.3) is 0 Å². The summed E-state index contributed by atoms with van der Waals surface area (Å²) in [6.07, 6.45) is 0.949. The largest absolute Gasteiger partial charge is 0.392 e. The lowest BCUT2D eigenvalue weighted by Crippen LogP contribution is -2.38. The van der Waals surface area contributed by atoms with Crippen molar-refractivity contribution in [1.29, 1.82) is 0 Å². The Hall–Kier alpha value is -0.680. The van der Waals surface area contributed by atoms with E-state index in [0.29, 0.717) is 18.1 Å². The van der Waals surface area contributed by atoms with E-state index in [2.05, 4.69) is 5.32 Å². The van der Waals surface area contributed by atoms with Crippen LogP contribution < -0.4 is 11.1 Å². The van der Waals surface area contributed by atoms with E-state index in [1.165, 1.54) is 0 Å². The van der Waals surface area contributed by atoms with Crippen LogP contribution in [-0.4, -0.2) is 42.5 Å². The summed E-state index contributed by atoms with van der Waals surface area (Å²) >= 11 is 4.72. The van der Waals surface area contributed by atoms with Gasteiger partial charge in [0.15, 0.2) is 0 Å². The molecule has 0 aliphatic heterocycles. The Labute approximate surface area is 84.5 Å². The van der Waals surface area contributed by atoms with Crippen molar-refractivity contribution in [3.05, 3.63) is 0 Å². The molecule has 0 aliphatic rings. The van der Waals surface area contributed by atoms with Gasteiger partial charge in [0.2, 0.25) is 5.91 Å². The highest BCUT2D eigenvalue weighted by atomic mass is 32.1. The van der Waals surface area contributed by atoms with E-state index >= 15 is 0 Å². The molecular formula is C8H17N3OS. The smallest absolute Gasteiger partial charge is 0.234 e. The predicted molar refractivity (Wildman–Crippen MR) is 57.6 cm³/mol. The topological polar surface area (TPSA) is 58.4 Å². The van der Waals surface area contributed by atoms with Gasteiger partial charge in [0.05, 0.1) is 11.5 Å². The number of carbonyl (C=O) groups is 1. The molecule has 13 heavy (non-hydrogen) atoms. The molecule has 0 radical (unpaired) electrons. The Balaban J connectivity index is 3.59. The summed E-state index contributed by atoms with van der Waals surface area (Å²) in [5, 5.41) is 2.77. The first kappa shape index (κ1) is 12.3. The quantitative estimate of drug-likeness (QED) is 0.584. The van der Waals surface area contributed by atoms with Crippen LogP contribution in [0.4, 0.5) is 0 Å². The summed E-state index contributed by atoms with van der Waals surface area (Å²) in [5.41, 5.74) is 5.33. The average Bonchev–Trinajstić information content (AvgIpc) is 1.98. The number of likely N-dealkylation sites (N-methyl/N-ethyl adjacent to an activating group) is 1. The second kappa shape index (κ2) is 6.80. The summed E-state index contributed by atoms with van der Waals surface area (Å²) in [4.78, 5) is 13.4. The Morgan fingerprint density at radius 2 is 2.15 bits per heavy atom. The number of hydrogen-bond acceptors (Lipinski definition) is 3. The van der Waals surface area contributed by atoms with Crippen LogP contribution in [0.3, 0.4) is 0 Å². The third-order valence-electron chi connectivity index (χ3n) is 1.41. The van der Waals surface area contributed by atoms with E-state index in [1.54, 1.807) is 4.90 Å². The SMILES string of the molecule is CCCNC(=O)CN(C)CC(N)=S. The highest BCUT2D eigenvalue weighted by molar-refractivity contribution is 7.80. The van der Waals surface area contributed by atoms with E-state index < -0.39 is 0 Å². The Kier molecular flexibility index (Phi) is 6.44. The fourth-order valence-corrected chi connectivity index (χ4v) is 1.11. The minimum Gasteiger partial charge on any atom is -0.392 e.